The van der Waals surface area contributed by atoms with Crippen LogP contribution in [0.15, 0.2) is 18.2 Å². The number of aryl methyl sites for hydroxylation is 1. The number of hydrogen-bond acceptors (Lipinski definition) is 3. The molecule has 0 spiro atoms. The first-order valence-corrected chi connectivity index (χ1v) is 6.92. The smallest absolute Gasteiger partial charge is 0.226 e. The number of hydrogen-bond donors (Lipinski definition) is 0. The lowest BCUT2D eigenvalue weighted by Gasteiger charge is -2.10. The van der Waals surface area contributed by atoms with Crippen LogP contribution >= 0.6 is 23.2 Å². The highest BCUT2D eigenvalue weighted by atomic mass is 35.5. The summed E-state index contributed by atoms with van der Waals surface area (Å²) in [7, 11) is 0. The molecule has 1 aromatic heterocycles. The maximum atomic E-state index is 13.1. The first-order valence-electron chi connectivity index (χ1n) is 6.17. The first kappa shape index (κ1) is 15.0. The van der Waals surface area contributed by atoms with Crippen LogP contribution in [0.25, 0.3) is 0 Å². The Morgan fingerprint density at radius 3 is 2.65 bits per heavy atom. The molecule has 0 bridgehead atoms. The van der Waals surface area contributed by atoms with E-state index in [4.69, 9.17) is 27.9 Å². The van der Waals surface area contributed by atoms with Crippen LogP contribution in [-0.4, -0.2) is 9.97 Å². The van der Waals surface area contributed by atoms with Crippen molar-refractivity contribution >= 4 is 23.2 Å². The van der Waals surface area contributed by atoms with E-state index < -0.39 is 5.82 Å². The van der Waals surface area contributed by atoms with Gasteiger partial charge >= 0.3 is 0 Å². The van der Waals surface area contributed by atoms with Crippen molar-refractivity contribution in [2.75, 3.05) is 0 Å². The molecule has 0 radical (unpaired) electrons. The third-order valence-corrected chi connectivity index (χ3v) is 3.32. The summed E-state index contributed by atoms with van der Waals surface area (Å²) in [6, 6.07) is 4.12. The van der Waals surface area contributed by atoms with Gasteiger partial charge in [-0.1, -0.05) is 30.1 Å². The molecule has 1 heterocycles. The summed E-state index contributed by atoms with van der Waals surface area (Å²) < 4.78 is 18.7. The van der Waals surface area contributed by atoms with E-state index in [0.717, 1.165) is 6.42 Å². The largest absolute Gasteiger partial charge is 0.439 e. The van der Waals surface area contributed by atoms with Gasteiger partial charge in [0.05, 0.1) is 5.02 Å². The number of rotatable bonds is 4. The molecule has 0 aliphatic heterocycles. The normalized spacial score (nSPS) is 10.7. The fourth-order valence-electron chi connectivity index (χ4n) is 1.60. The van der Waals surface area contributed by atoms with Crippen LogP contribution in [-0.2, 0) is 6.42 Å². The standard InChI is InChI=1S/C14H13Cl2FN2O/c1-3-4-12-18-13(16)8(2)14(19-12)20-9-5-6-11(17)10(15)7-9/h5-7H,3-4H2,1-2H3. The van der Waals surface area contributed by atoms with Crippen LogP contribution in [0, 0.1) is 12.7 Å². The minimum atomic E-state index is -0.497. The lowest BCUT2D eigenvalue weighted by molar-refractivity contribution is 0.452. The van der Waals surface area contributed by atoms with Crippen molar-refractivity contribution in [1.29, 1.82) is 0 Å². The molecule has 0 aliphatic carbocycles. The highest BCUT2D eigenvalue weighted by molar-refractivity contribution is 6.31. The number of aromatic nitrogens is 2. The highest BCUT2D eigenvalue weighted by Crippen LogP contribution is 2.29. The second-order valence-corrected chi connectivity index (χ2v) is 5.05. The third-order valence-electron chi connectivity index (χ3n) is 2.67. The molecule has 0 N–H and O–H groups in total. The van der Waals surface area contributed by atoms with Gasteiger partial charge in [-0.25, -0.2) is 9.37 Å². The van der Waals surface area contributed by atoms with Crippen LogP contribution < -0.4 is 4.74 Å². The predicted octanol–water partition coefficient (Wildman–Crippen LogP) is 4.98. The Kier molecular flexibility index (Phi) is 4.78. The molecular formula is C14H13Cl2FN2O. The van der Waals surface area contributed by atoms with Gasteiger partial charge in [0, 0.05) is 18.1 Å². The van der Waals surface area contributed by atoms with Gasteiger partial charge in [0.15, 0.2) is 0 Å². The second-order valence-electron chi connectivity index (χ2n) is 4.29. The van der Waals surface area contributed by atoms with E-state index in [1.165, 1.54) is 18.2 Å². The lowest BCUT2D eigenvalue weighted by atomic mass is 10.3. The zero-order chi connectivity index (χ0) is 14.7. The molecule has 2 aromatic rings. The summed E-state index contributed by atoms with van der Waals surface area (Å²) in [4.78, 5) is 8.50. The molecule has 0 fully saturated rings. The second kappa shape index (κ2) is 6.37. The predicted molar refractivity (Wildman–Crippen MR) is 77.3 cm³/mol. The van der Waals surface area contributed by atoms with Crippen molar-refractivity contribution in [3.63, 3.8) is 0 Å². The minimum Gasteiger partial charge on any atom is -0.439 e. The van der Waals surface area contributed by atoms with Crippen LogP contribution in [0.4, 0.5) is 4.39 Å². The van der Waals surface area contributed by atoms with Gasteiger partial charge < -0.3 is 4.74 Å². The Balaban J connectivity index is 2.34. The third kappa shape index (κ3) is 3.38. The summed E-state index contributed by atoms with van der Waals surface area (Å²) >= 11 is 11.8. The molecule has 1 aromatic carbocycles. The van der Waals surface area contributed by atoms with Crippen molar-refractivity contribution < 1.29 is 9.13 Å². The summed E-state index contributed by atoms with van der Waals surface area (Å²) in [5.74, 6) is 0.877. The molecule has 2 rings (SSSR count). The Bertz CT molecular complexity index is 635. The maximum Gasteiger partial charge on any atom is 0.226 e. The van der Waals surface area contributed by atoms with Crippen LogP contribution in [0.1, 0.15) is 24.7 Å². The average molecular weight is 315 g/mol. The fraction of sp³-hybridized carbons (Fsp3) is 0.286. The summed E-state index contributed by atoms with van der Waals surface area (Å²) in [6.45, 7) is 3.79. The highest BCUT2D eigenvalue weighted by Gasteiger charge is 2.12. The Morgan fingerprint density at radius 1 is 1.25 bits per heavy atom. The van der Waals surface area contributed by atoms with E-state index >= 15 is 0 Å². The number of halogens is 3. The molecule has 20 heavy (non-hydrogen) atoms. The Hall–Kier alpha value is -1.39. The molecule has 0 atom stereocenters. The molecule has 3 nitrogen and oxygen atoms in total. The van der Waals surface area contributed by atoms with Gasteiger partial charge in [0.2, 0.25) is 5.88 Å². The van der Waals surface area contributed by atoms with E-state index in [1.54, 1.807) is 6.92 Å². The molecular weight excluding hydrogens is 302 g/mol. The van der Waals surface area contributed by atoms with E-state index in [-0.39, 0.29) is 5.02 Å². The van der Waals surface area contributed by atoms with E-state index in [9.17, 15) is 4.39 Å². The SMILES string of the molecule is CCCc1nc(Cl)c(C)c(Oc2ccc(F)c(Cl)c2)n1. The minimum absolute atomic E-state index is 0.00547. The Morgan fingerprint density at radius 2 is 2.00 bits per heavy atom. The summed E-state index contributed by atoms with van der Waals surface area (Å²) in [5.41, 5.74) is 0.631. The van der Waals surface area contributed by atoms with Gasteiger partial charge in [-0.05, 0) is 25.5 Å². The van der Waals surface area contributed by atoms with E-state index in [1.807, 2.05) is 6.92 Å². The van der Waals surface area contributed by atoms with Gasteiger partial charge in [0.25, 0.3) is 0 Å². The molecule has 0 unspecified atom stereocenters. The molecule has 6 heteroatoms. The van der Waals surface area contributed by atoms with Crippen molar-refractivity contribution in [2.45, 2.75) is 26.7 Å². The van der Waals surface area contributed by atoms with Crippen LogP contribution in [0.2, 0.25) is 10.2 Å². The number of nitrogens with zero attached hydrogens (tertiary/aromatic N) is 2. The molecule has 0 amide bonds. The summed E-state index contributed by atoms with van der Waals surface area (Å²) in [6.07, 6.45) is 1.61. The van der Waals surface area contributed by atoms with Gasteiger partial charge in [-0.3, -0.25) is 0 Å². The lowest BCUT2D eigenvalue weighted by Crippen LogP contribution is -2.01. The molecule has 0 saturated heterocycles. The van der Waals surface area contributed by atoms with Crippen molar-refractivity contribution in [1.82, 2.24) is 9.97 Å². The zero-order valence-electron chi connectivity index (χ0n) is 11.1. The number of ether oxygens (including phenoxy) is 1. The van der Waals surface area contributed by atoms with Crippen molar-refractivity contribution in [2.24, 2.45) is 0 Å². The number of benzene rings is 1. The molecule has 106 valence electrons. The van der Waals surface area contributed by atoms with Gasteiger partial charge in [0.1, 0.15) is 22.5 Å². The van der Waals surface area contributed by atoms with Crippen LogP contribution in [0.5, 0.6) is 11.6 Å². The van der Waals surface area contributed by atoms with Gasteiger partial charge in [-0.15, -0.1) is 0 Å². The topological polar surface area (TPSA) is 35.0 Å². The summed E-state index contributed by atoms with van der Waals surface area (Å²) in [5, 5.41) is 0.348. The van der Waals surface area contributed by atoms with Crippen molar-refractivity contribution in [3.8, 4) is 11.6 Å². The maximum absolute atomic E-state index is 13.1. The molecule has 0 saturated carbocycles. The van der Waals surface area contributed by atoms with Gasteiger partial charge in [-0.2, -0.15) is 4.98 Å². The van der Waals surface area contributed by atoms with Crippen molar-refractivity contribution in [3.05, 3.63) is 45.6 Å². The fourth-order valence-corrected chi connectivity index (χ4v) is 1.95. The van der Waals surface area contributed by atoms with E-state index in [2.05, 4.69) is 9.97 Å². The van der Waals surface area contributed by atoms with Crippen LogP contribution in [0.3, 0.4) is 0 Å². The Labute approximate surface area is 126 Å². The average Bonchev–Trinajstić information content (AvgIpc) is 2.40. The van der Waals surface area contributed by atoms with E-state index in [0.29, 0.717) is 34.6 Å². The monoisotopic (exact) mass is 314 g/mol. The zero-order valence-corrected chi connectivity index (χ0v) is 12.6. The molecule has 0 aliphatic rings. The first-order chi connectivity index (χ1) is 9.51. The quantitative estimate of drug-likeness (QED) is 0.747.